The lowest BCUT2D eigenvalue weighted by atomic mass is 10.0. The van der Waals surface area contributed by atoms with E-state index < -0.39 is 6.10 Å². The fourth-order valence-corrected chi connectivity index (χ4v) is 2.61. The Morgan fingerprint density at radius 2 is 1.95 bits per heavy atom. The molecule has 0 aromatic heterocycles. The number of ether oxygens (including phenoxy) is 1. The Bertz CT molecular complexity index is 617. The third kappa shape index (κ3) is 3.59. The number of halogens is 3. The maximum atomic E-state index is 13.5. The van der Waals surface area contributed by atoms with Gasteiger partial charge in [0.05, 0.1) is 17.7 Å². The lowest BCUT2D eigenvalue weighted by Crippen LogP contribution is -2.04. The molecule has 106 valence electrons. The molecule has 5 heteroatoms. The van der Waals surface area contributed by atoms with Crippen molar-refractivity contribution >= 4 is 31.9 Å². The van der Waals surface area contributed by atoms with Crippen LogP contribution in [0.25, 0.3) is 0 Å². The number of hydrogen-bond donors (Lipinski definition) is 1. The Kier molecular flexibility index (Phi) is 5.18. The van der Waals surface area contributed by atoms with Gasteiger partial charge >= 0.3 is 0 Å². The highest BCUT2D eigenvalue weighted by Crippen LogP contribution is 2.29. The number of methoxy groups -OCH3 is 1. The monoisotopic (exact) mass is 402 g/mol. The molecular weight excluding hydrogens is 391 g/mol. The molecular formula is C15H13Br2FO2. The van der Waals surface area contributed by atoms with Crippen LogP contribution in [0.3, 0.4) is 0 Å². The molecule has 0 heterocycles. The highest BCUT2D eigenvalue weighted by Gasteiger charge is 2.14. The van der Waals surface area contributed by atoms with Crippen molar-refractivity contribution in [1.29, 1.82) is 0 Å². The Balaban J connectivity index is 2.24. The summed E-state index contributed by atoms with van der Waals surface area (Å²) in [5.41, 5.74) is 1.39. The molecule has 0 spiro atoms. The highest BCUT2D eigenvalue weighted by atomic mass is 79.9. The average molecular weight is 404 g/mol. The minimum absolute atomic E-state index is 0.351. The van der Waals surface area contributed by atoms with Gasteiger partial charge in [0.25, 0.3) is 0 Å². The van der Waals surface area contributed by atoms with E-state index in [0.717, 1.165) is 10.0 Å². The van der Waals surface area contributed by atoms with E-state index >= 15 is 0 Å². The van der Waals surface area contributed by atoms with E-state index in [1.165, 1.54) is 6.07 Å². The van der Waals surface area contributed by atoms with Gasteiger partial charge in [-0.1, -0.05) is 22.0 Å². The molecule has 0 radical (unpaired) electrons. The summed E-state index contributed by atoms with van der Waals surface area (Å²) in [6.07, 6.45) is -0.440. The SMILES string of the molecule is COc1ccc(Br)cc1CC(O)c1ccc(Br)c(F)c1. The van der Waals surface area contributed by atoms with Crippen molar-refractivity contribution in [2.75, 3.05) is 7.11 Å². The predicted octanol–water partition coefficient (Wildman–Crippen LogP) is 4.64. The smallest absolute Gasteiger partial charge is 0.137 e. The first-order valence-electron chi connectivity index (χ1n) is 5.96. The minimum atomic E-state index is -0.791. The number of aliphatic hydroxyl groups is 1. The molecule has 0 aliphatic rings. The van der Waals surface area contributed by atoms with Gasteiger partial charge in [-0.2, -0.15) is 0 Å². The molecule has 0 saturated heterocycles. The van der Waals surface area contributed by atoms with Crippen LogP contribution >= 0.6 is 31.9 Å². The fraction of sp³-hybridized carbons (Fsp3) is 0.200. The molecule has 20 heavy (non-hydrogen) atoms. The molecule has 0 fully saturated rings. The summed E-state index contributed by atoms with van der Waals surface area (Å²) < 4.78 is 20.1. The van der Waals surface area contributed by atoms with Crippen LogP contribution in [0.2, 0.25) is 0 Å². The molecule has 2 rings (SSSR count). The lowest BCUT2D eigenvalue weighted by molar-refractivity contribution is 0.176. The molecule has 2 aromatic rings. The van der Waals surface area contributed by atoms with Crippen molar-refractivity contribution < 1.29 is 14.2 Å². The first-order valence-corrected chi connectivity index (χ1v) is 7.55. The van der Waals surface area contributed by atoms with Crippen molar-refractivity contribution in [2.45, 2.75) is 12.5 Å². The Labute approximate surface area is 133 Å². The molecule has 0 saturated carbocycles. The van der Waals surface area contributed by atoms with Gasteiger partial charge in [-0.3, -0.25) is 0 Å². The van der Waals surface area contributed by atoms with Crippen LogP contribution in [-0.4, -0.2) is 12.2 Å². The number of aliphatic hydroxyl groups excluding tert-OH is 1. The van der Waals surface area contributed by atoms with E-state index in [9.17, 15) is 9.50 Å². The van der Waals surface area contributed by atoms with Crippen LogP contribution in [0.1, 0.15) is 17.2 Å². The van der Waals surface area contributed by atoms with Gasteiger partial charge in [-0.05, 0) is 57.4 Å². The Morgan fingerprint density at radius 3 is 2.60 bits per heavy atom. The van der Waals surface area contributed by atoms with E-state index in [1.807, 2.05) is 18.2 Å². The zero-order valence-corrected chi connectivity index (χ0v) is 13.9. The van der Waals surface area contributed by atoms with E-state index in [-0.39, 0.29) is 5.82 Å². The van der Waals surface area contributed by atoms with Gasteiger partial charge < -0.3 is 9.84 Å². The summed E-state index contributed by atoms with van der Waals surface area (Å²) in [6.45, 7) is 0. The highest BCUT2D eigenvalue weighted by molar-refractivity contribution is 9.10. The summed E-state index contributed by atoms with van der Waals surface area (Å²) in [5, 5.41) is 10.2. The first-order chi connectivity index (χ1) is 9.51. The molecule has 0 amide bonds. The predicted molar refractivity (Wildman–Crippen MR) is 83.5 cm³/mol. The maximum Gasteiger partial charge on any atom is 0.137 e. The second-order valence-electron chi connectivity index (χ2n) is 4.35. The third-order valence-corrected chi connectivity index (χ3v) is 4.12. The fourth-order valence-electron chi connectivity index (χ4n) is 1.95. The number of rotatable bonds is 4. The largest absolute Gasteiger partial charge is 0.496 e. The van der Waals surface area contributed by atoms with Gasteiger partial charge in [0, 0.05) is 10.9 Å². The molecule has 1 atom stereocenters. The zero-order chi connectivity index (χ0) is 14.7. The summed E-state index contributed by atoms with van der Waals surface area (Å²) >= 11 is 6.48. The minimum Gasteiger partial charge on any atom is -0.496 e. The van der Waals surface area contributed by atoms with Crippen molar-refractivity contribution in [3.63, 3.8) is 0 Å². The van der Waals surface area contributed by atoms with Gasteiger partial charge in [-0.15, -0.1) is 0 Å². The van der Waals surface area contributed by atoms with E-state index in [0.29, 0.717) is 22.2 Å². The van der Waals surface area contributed by atoms with Gasteiger partial charge in [0.2, 0.25) is 0 Å². The second kappa shape index (κ2) is 6.70. The van der Waals surface area contributed by atoms with Crippen LogP contribution in [0.15, 0.2) is 45.3 Å². The summed E-state index contributed by atoms with van der Waals surface area (Å²) in [4.78, 5) is 0. The van der Waals surface area contributed by atoms with Crippen molar-refractivity contribution in [3.05, 3.63) is 62.3 Å². The normalized spacial score (nSPS) is 12.2. The Hall–Kier alpha value is -0.910. The Morgan fingerprint density at radius 1 is 1.20 bits per heavy atom. The maximum absolute atomic E-state index is 13.5. The molecule has 0 aliphatic carbocycles. The zero-order valence-electron chi connectivity index (χ0n) is 10.7. The van der Waals surface area contributed by atoms with Gasteiger partial charge in [0.1, 0.15) is 11.6 Å². The molecule has 2 aromatic carbocycles. The summed E-state index contributed by atoms with van der Waals surface area (Å²) in [7, 11) is 1.58. The van der Waals surface area contributed by atoms with Gasteiger partial charge in [0.15, 0.2) is 0 Å². The van der Waals surface area contributed by atoms with Crippen LogP contribution < -0.4 is 4.74 Å². The number of hydrogen-bond acceptors (Lipinski definition) is 2. The van der Waals surface area contributed by atoms with Crippen molar-refractivity contribution in [2.24, 2.45) is 0 Å². The second-order valence-corrected chi connectivity index (χ2v) is 6.12. The summed E-state index contributed by atoms with van der Waals surface area (Å²) in [5.74, 6) is 0.313. The molecule has 0 bridgehead atoms. The summed E-state index contributed by atoms with van der Waals surface area (Å²) in [6, 6.07) is 10.2. The van der Waals surface area contributed by atoms with Crippen LogP contribution in [0.5, 0.6) is 5.75 Å². The van der Waals surface area contributed by atoms with E-state index in [2.05, 4.69) is 31.9 Å². The number of benzene rings is 2. The van der Waals surface area contributed by atoms with Gasteiger partial charge in [-0.25, -0.2) is 4.39 Å². The topological polar surface area (TPSA) is 29.5 Å². The van der Waals surface area contributed by atoms with E-state index in [4.69, 9.17) is 4.74 Å². The third-order valence-electron chi connectivity index (χ3n) is 2.98. The molecule has 0 aliphatic heterocycles. The molecule has 2 nitrogen and oxygen atoms in total. The first kappa shape index (κ1) is 15.5. The van der Waals surface area contributed by atoms with Crippen LogP contribution in [0, 0.1) is 5.82 Å². The molecule has 1 N–H and O–H groups in total. The van der Waals surface area contributed by atoms with Crippen LogP contribution in [0.4, 0.5) is 4.39 Å². The van der Waals surface area contributed by atoms with E-state index in [1.54, 1.807) is 19.2 Å². The lowest BCUT2D eigenvalue weighted by Gasteiger charge is -2.14. The van der Waals surface area contributed by atoms with Crippen LogP contribution in [-0.2, 0) is 6.42 Å². The molecule has 1 unspecified atom stereocenters. The quantitative estimate of drug-likeness (QED) is 0.805. The van der Waals surface area contributed by atoms with Crippen molar-refractivity contribution in [1.82, 2.24) is 0 Å². The standard InChI is InChI=1S/C15H13Br2FO2/c1-20-15-5-3-11(16)6-10(15)8-14(19)9-2-4-12(17)13(18)7-9/h2-7,14,19H,8H2,1H3. The average Bonchev–Trinajstić information content (AvgIpc) is 2.42. The van der Waals surface area contributed by atoms with Crippen molar-refractivity contribution in [3.8, 4) is 5.75 Å².